The van der Waals surface area contributed by atoms with Gasteiger partial charge in [0.25, 0.3) is 0 Å². The second-order valence-corrected chi connectivity index (χ2v) is 6.35. The minimum Gasteiger partial charge on any atom is -0.331 e. The molecular formula is C16H28N4. The monoisotopic (exact) mass is 276 g/mol. The van der Waals surface area contributed by atoms with Crippen LogP contribution >= 0.6 is 0 Å². The molecule has 0 amide bonds. The van der Waals surface area contributed by atoms with Gasteiger partial charge in [0.05, 0.1) is 0 Å². The Balaban J connectivity index is 1.58. The molecule has 3 heterocycles. The Morgan fingerprint density at radius 2 is 2.15 bits per heavy atom. The fraction of sp³-hybridized carbons (Fsp3) is 0.812. The molecule has 0 spiro atoms. The van der Waals surface area contributed by atoms with E-state index in [9.17, 15) is 0 Å². The number of hydrogen-bond acceptors (Lipinski definition) is 3. The van der Waals surface area contributed by atoms with Crippen LogP contribution in [0.5, 0.6) is 0 Å². The van der Waals surface area contributed by atoms with Crippen molar-refractivity contribution in [2.75, 3.05) is 32.7 Å². The van der Waals surface area contributed by atoms with Crippen LogP contribution in [0, 0.1) is 5.92 Å². The molecule has 2 aliphatic heterocycles. The summed E-state index contributed by atoms with van der Waals surface area (Å²) in [5.41, 5.74) is 0. The molecule has 2 saturated heterocycles. The number of aromatic nitrogens is 2. The van der Waals surface area contributed by atoms with Gasteiger partial charge >= 0.3 is 0 Å². The molecule has 2 fully saturated rings. The van der Waals surface area contributed by atoms with Gasteiger partial charge in [-0.15, -0.1) is 0 Å². The van der Waals surface area contributed by atoms with Gasteiger partial charge in [-0.25, -0.2) is 4.98 Å². The van der Waals surface area contributed by atoms with Crippen molar-refractivity contribution in [2.24, 2.45) is 5.92 Å². The van der Waals surface area contributed by atoms with Crippen molar-refractivity contribution in [3.63, 3.8) is 0 Å². The number of rotatable bonds is 4. The fourth-order valence-electron chi connectivity index (χ4n) is 3.80. The third kappa shape index (κ3) is 3.23. The van der Waals surface area contributed by atoms with E-state index in [4.69, 9.17) is 0 Å². The Morgan fingerprint density at radius 3 is 2.95 bits per heavy atom. The van der Waals surface area contributed by atoms with Crippen molar-refractivity contribution in [2.45, 2.75) is 45.1 Å². The second-order valence-electron chi connectivity index (χ2n) is 6.35. The molecule has 4 heteroatoms. The summed E-state index contributed by atoms with van der Waals surface area (Å²) in [7, 11) is 0. The summed E-state index contributed by atoms with van der Waals surface area (Å²) in [5.74, 6) is 2.15. The summed E-state index contributed by atoms with van der Waals surface area (Å²) in [5, 5.41) is 3.47. The van der Waals surface area contributed by atoms with E-state index in [0.29, 0.717) is 6.04 Å². The normalized spacial score (nSPS) is 25.9. The van der Waals surface area contributed by atoms with Crippen LogP contribution in [0.4, 0.5) is 0 Å². The molecule has 1 aromatic heterocycles. The average molecular weight is 276 g/mol. The molecule has 0 aromatic carbocycles. The number of imidazole rings is 1. The number of hydrogen-bond donors (Lipinski definition) is 1. The summed E-state index contributed by atoms with van der Waals surface area (Å²) < 4.78 is 2.43. The number of nitrogens with zero attached hydrogens (tertiary/aromatic N) is 3. The van der Waals surface area contributed by atoms with E-state index in [2.05, 4.69) is 32.9 Å². The van der Waals surface area contributed by atoms with E-state index in [1.54, 1.807) is 0 Å². The SMILES string of the molecule is CCc1nccn1C1CCCN(CC2CCNCC2)C1. The van der Waals surface area contributed by atoms with Gasteiger partial charge in [0, 0.05) is 37.9 Å². The van der Waals surface area contributed by atoms with Crippen LogP contribution in [-0.2, 0) is 6.42 Å². The standard InChI is InChI=1S/C16H28N4/c1-2-16-18-9-11-20(16)15-4-3-10-19(13-15)12-14-5-7-17-8-6-14/h9,11,14-15,17H,2-8,10,12-13H2,1H3. The molecule has 1 aromatic rings. The maximum absolute atomic E-state index is 4.49. The molecule has 0 bridgehead atoms. The van der Waals surface area contributed by atoms with Crippen LogP contribution in [0.1, 0.15) is 44.5 Å². The highest BCUT2D eigenvalue weighted by Gasteiger charge is 2.25. The van der Waals surface area contributed by atoms with Crippen molar-refractivity contribution in [3.8, 4) is 0 Å². The number of nitrogens with one attached hydrogen (secondary N) is 1. The van der Waals surface area contributed by atoms with E-state index >= 15 is 0 Å². The van der Waals surface area contributed by atoms with Gasteiger partial charge in [-0.05, 0) is 51.2 Å². The topological polar surface area (TPSA) is 33.1 Å². The quantitative estimate of drug-likeness (QED) is 0.914. The molecule has 0 radical (unpaired) electrons. The van der Waals surface area contributed by atoms with Crippen LogP contribution in [0.15, 0.2) is 12.4 Å². The summed E-state index contributed by atoms with van der Waals surface area (Å²) in [4.78, 5) is 7.18. The summed E-state index contributed by atoms with van der Waals surface area (Å²) in [6.07, 6.45) is 10.5. The fourth-order valence-corrected chi connectivity index (χ4v) is 3.80. The van der Waals surface area contributed by atoms with Gasteiger partial charge in [0.1, 0.15) is 5.82 Å². The maximum Gasteiger partial charge on any atom is 0.108 e. The number of piperidine rings is 2. The lowest BCUT2D eigenvalue weighted by Gasteiger charge is -2.37. The van der Waals surface area contributed by atoms with Crippen molar-refractivity contribution in [1.29, 1.82) is 0 Å². The Morgan fingerprint density at radius 1 is 1.30 bits per heavy atom. The average Bonchev–Trinajstić information content (AvgIpc) is 2.97. The Labute approximate surface area is 122 Å². The lowest BCUT2D eigenvalue weighted by Crippen LogP contribution is -2.42. The van der Waals surface area contributed by atoms with E-state index in [1.165, 1.54) is 64.2 Å². The first kappa shape index (κ1) is 14.1. The van der Waals surface area contributed by atoms with Gasteiger partial charge < -0.3 is 14.8 Å². The highest BCUT2D eigenvalue weighted by molar-refractivity contribution is 4.96. The third-order valence-corrected chi connectivity index (χ3v) is 4.91. The van der Waals surface area contributed by atoms with Crippen LogP contribution in [0.2, 0.25) is 0 Å². The molecule has 4 nitrogen and oxygen atoms in total. The zero-order valence-electron chi connectivity index (χ0n) is 12.7. The molecule has 1 N–H and O–H groups in total. The van der Waals surface area contributed by atoms with Crippen molar-refractivity contribution in [1.82, 2.24) is 19.8 Å². The zero-order chi connectivity index (χ0) is 13.8. The van der Waals surface area contributed by atoms with Crippen LogP contribution in [0.3, 0.4) is 0 Å². The highest BCUT2D eigenvalue weighted by atomic mass is 15.2. The first-order chi connectivity index (χ1) is 9.86. The highest BCUT2D eigenvalue weighted by Crippen LogP contribution is 2.25. The van der Waals surface area contributed by atoms with Gasteiger partial charge in [0.2, 0.25) is 0 Å². The Kier molecular flexibility index (Phi) is 4.73. The van der Waals surface area contributed by atoms with Crippen LogP contribution < -0.4 is 5.32 Å². The number of aryl methyl sites for hydroxylation is 1. The molecular weight excluding hydrogens is 248 g/mol. The van der Waals surface area contributed by atoms with E-state index in [1.807, 2.05) is 6.20 Å². The second kappa shape index (κ2) is 6.72. The van der Waals surface area contributed by atoms with Gasteiger partial charge in [-0.3, -0.25) is 0 Å². The number of likely N-dealkylation sites (tertiary alicyclic amines) is 1. The largest absolute Gasteiger partial charge is 0.331 e. The molecule has 0 saturated carbocycles. The Bertz CT molecular complexity index is 408. The van der Waals surface area contributed by atoms with Gasteiger partial charge in [0.15, 0.2) is 0 Å². The first-order valence-corrected chi connectivity index (χ1v) is 8.31. The molecule has 2 aliphatic rings. The van der Waals surface area contributed by atoms with E-state index in [0.717, 1.165) is 12.3 Å². The minimum atomic E-state index is 0.642. The molecule has 20 heavy (non-hydrogen) atoms. The Hall–Kier alpha value is -0.870. The lowest BCUT2D eigenvalue weighted by molar-refractivity contribution is 0.141. The summed E-state index contributed by atoms with van der Waals surface area (Å²) >= 11 is 0. The molecule has 112 valence electrons. The zero-order valence-corrected chi connectivity index (χ0v) is 12.7. The molecule has 0 aliphatic carbocycles. The predicted octanol–water partition coefficient (Wildman–Crippen LogP) is 2.08. The first-order valence-electron chi connectivity index (χ1n) is 8.31. The maximum atomic E-state index is 4.49. The van der Waals surface area contributed by atoms with E-state index in [-0.39, 0.29) is 0 Å². The van der Waals surface area contributed by atoms with Gasteiger partial charge in [-0.2, -0.15) is 0 Å². The minimum absolute atomic E-state index is 0.642. The molecule has 1 unspecified atom stereocenters. The van der Waals surface area contributed by atoms with Crippen molar-refractivity contribution in [3.05, 3.63) is 18.2 Å². The summed E-state index contributed by atoms with van der Waals surface area (Å²) in [6, 6.07) is 0.642. The smallest absolute Gasteiger partial charge is 0.108 e. The van der Waals surface area contributed by atoms with E-state index < -0.39 is 0 Å². The lowest BCUT2D eigenvalue weighted by atomic mass is 9.96. The van der Waals surface area contributed by atoms with Crippen molar-refractivity contribution >= 4 is 0 Å². The predicted molar refractivity (Wildman–Crippen MR) is 81.9 cm³/mol. The third-order valence-electron chi connectivity index (χ3n) is 4.91. The van der Waals surface area contributed by atoms with Gasteiger partial charge in [-0.1, -0.05) is 6.92 Å². The molecule has 1 atom stereocenters. The molecule has 3 rings (SSSR count). The summed E-state index contributed by atoms with van der Waals surface area (Å²) in [6.45, 7) is 8.43. The van der Waals surface area contributed by atoms with Crippen LogP contribution in [0.25, 0.3) is 0 Å². The van der Waals surface area contributed by atoms with Crippen LogP contribution in [-0.4, -0.2) is 47.2 Å². The van der Waals surface area contributed by atoms with Crippen molar-refractivity contribution < 1.29 is 0 Å².